The molecule has 0 saturated carbocycles. The van der Waals surface area contributed by atoms with Crippen LogP contribution >= 0.6 is 0 Å². The maximum absolute atomic E-state index is 8.96. The van der Waals surface area contributed by atoms with Gasteiger partial charge in [0.15, 0.2) is 0 Å². The lowest BCUT2D eigenvalue weighted by Crippen LogP contribution is -2.46. The number of nitrogens with zero attached hydrogens (tertiary/aromatic N) is 3. The highest BCUT2D eigenvalue weighted by Crippen LogP contribution is 2.44. The number of rotatable bonds is 6. The minimum absolute atomic E-state index is 0.258. The summed E-state index contributed by atoms with van der Waals surface area (Å²) in [5.41, 5.74) is 3.58. The first-order valence-electron chi connectivity index (χ1n) is 9.49. The van der Waals surface area contributed by atoms with E-state index < -0.39 is 0 Å². The molecule has 2 aromatic rings. The van der Waals surface area contributed by atoms with Gasteiger partial charge in [-0.2, -0.15) is 5.26 Å². The van der Waals surface area contributed by atoms with Gasteiger partial charge in [-0.15, -0.1) is 0 Å². The molecule has 0 bridgehead atoms. The molecule has 4 heteroatoms. The van der Waals surface area contributed by atoms with Crippen molar-refractivity contribution in [2.24, 2.45) is 5.41 Å². The molecular formula is C22H25N3O. The minimum atomic E-state index is 0.258. The number of hydrogen-bond acceptors (Lipinski definition) is 4. The zero-order chi connectivity index (χ0) is 17.8. The lowest BCUT2D eigenvalue weighted by atomic mass is 9.73. The van der Waals surface area contributed by atoms with Gasteiger partial charge in [0, 0.05) is 37.5 Å². The summed E-state index contributed by atoms with van der Waals surface area (Å²) in [5.74, 6) is 0. The van der Waals surface area contributed by atoms with Gasteiger partial charge in [-0.1, -0.05) is 18.2 Å². The molecule has 0 N–H and O–H groups in total. The van der Waals surface area contributed by atoms with E-state index in [0.717, 1.165) is 44.6 Å². The average Bonchev–Trinajstić information content (AvgIpc) is 3.03. The van der Waals surface area contributed by atoms with Gasteiger partial charge < -0.3 is 4.74 Å². The number of likely N-dealkylation sites (tertiary alicyclic amines) is 1. The Kier molecular flexibility index (Phi) is 5.01. The van der Waals surface area contributed by atoms with Crippen molar-refractivity contribution in [2.75, 3.05) is 19.7 Å². The second-order valence-corrected chi connectivity index (χ2v) is 7.64. The molecule has 0 radical (unpaired) electrons. The Balaban J connectivity index is 1.42. The van der Waals surface area contributed by atoms with Gasteiger partial charge >= 0.3 is 0 Å². The number of benzene rings is 1. The number of aromatic nitrogens is 1. The van der Waals surface area contributed by atoms with E-state index in [2.05, 4.69) is 34.2 Å². The van der Waals surface area contributed by atoms with Crippen molar-refractivity contribution in [1.29, 1.82) is 5.26 Å². The Morgan fingerprint density at radius 3 is 2.73 bits per heavy atom. The summed E-state index contributed by atoms with van der Waals surface area (Å²) >= 11 is 0. The second-order valence-electron chi connectivity index (χ2n) is 7.64. The van der Waals surface area contributed by atoms with Gasteiger partial charge in [0.05, 0.1) is 17.7 Å². The lowest BCUT2D eigenvalue weighted by Gasteiger charge is -2.43. The van der Waals surface area contributed by atoms with E-state index in [9.17, 15) is 0 Å². The molecule has 0 spiro atoms. The summed E-state index contributed by atoms with van der Waals surface area (Å²) in [6, 6.07) is 14.4. The molecule has 0 aliphatic carbocycles. The molecule has 0 amide bonds. The van der Waals surface area contributed by atoms with Crippen molar-refractivity contribution in [3.8, 4) is 6.07 Å². The largest absolute Gasteiger partial charge is 0.377 e. The van der Waals surface area contributed by atoms with E-state index in [1.54, 1.807) is 0 Å². The molecule has 2 atom stereocenters. The molecule has 26 heavy (non-hydrogen) atoms. The smallest absolute Gasteiger partial charge is 0.0991 e. The summed E-state index contributed by atoms with van der Waals surface area (Å²) < 4.78 is 5.96. The highest BCUT2D eigenvalue weighted by Gasteiger charge is 2.47. The molecule has 3 heterocycles. The molecular weight excluding hydrogens is 322 g/mol. The van der Waals surface area contributed by atoms with Crippen LogP contribution in [0.3, 0.4) is 0 Å². The van der Waals surface area contributed by atoms with Gasteiger partial charge in [-0.25, -0.2) is 0 Å². The number of ether oxygens (including phenoxy) is 1. The van der Waals surface area contributed by atoms with Crippen LogP contribution in [-0.2, 0) is 17.7 Å². The highest BCUT2D eigenvalue weighted by atomic mass is 16.5. The van der Waals surface area contributed by atoms with Gasteiger partial charge in [0.2, 0.25) is 0 Å². The summed E-state index contributed by atoms with van der Waals surface area (Å²) in [5, 5.41) is 8.96. The molecule has 4 rings (SSSR count). The van der Waals surface area contributed by atoms with Gasteiger partial charge in [-0.05, 0) is 61.6 Å². The van der Waals surface area contributed by atoms with Crippen LogP contribution in [0.2, 0.25) is 0 Å². The first-order valence-corrected chi connectivity index (χ1v) is 9.49. The Morgan fingerprint density at radius 2 is 2.08 bits per heavy atom. The van der Waals surface area contributed by atoms with Crippen LogP contribution < -0.4 is 0 Å². The summed E-state index contributed by atoms with van der Waals surface area (Å²) in [6.45, 7) is 4.11. The van der Waals surface area contributed by atoms with Gasteiger partial charge in [0.1, 0.15) is 0 Å². The predicted octanol–water partition coefficient (Wildman–Crippen LogP) is 3.57. The van der Waals surface area contributed by atoms with E-state index in [1.165, 1.54) is 24.0 Å². The topological polar surface area (TPSA) is 49.1 Å². The van der Waals surface area contributed by atoms with Crippen LogP contribution in [0, 0.1) is 16.7 Å². The molecule has 2 saturated heterocycles. The highest BCUT2D eigenvalue weighted by molar-refractivity contribution is 5.31. The predicted molar refractivity (Wildman–Crippen MR) is 100 cm³/mol. The molecule has 4 nitrogen and oxygen atoms in total. The van der Waals surface area contributed by atoms with Crippen molar-refractivity contribution in [2.45, 2.75) is 38.3 Å². The van der Waals surface area contributed by atoms with Gasteiger partial charge in [-0.3, -0.25) is 9.88 Å². The normalized spacial score (nSPS) is 25.6. The van der Waals surface area contributed by atoms with Crippen molar-refractivity contribution < 1.29 is 4.74 Å². The SMILES string of the molecule is N#Cc1ccc(CC[C@@]2(C3CCO3)CCN(Cc3cccnc3)C2)cc1. The van der Waals surface area contributed by atoms with Crippen LogP contribution in [0.4, 0.5) is 0 Å². The fourth-order valence-electron chi connectivity index (χ4n) is 4.35. The lowest BCUT2D eigenvalue weighted by molar-refractivity contribution is -0.126. The monoisotopic (exact) mass is 347 g/mol. The summed E-state index contributed by atoms with van der Waals surface area (Å²) in [6.07, 6.45) is 8.79. The first-order chi connectivity index (χ1) is 12.8. The molecule has 2 aliphatic rings. The molecule has 1 aromatic carbocycles. The summed E-state index contributed by atoms with van der Waals surface area (Å²) in [7, 11) is 0. The maximum atomic E-state index is 8.96. The van der Waals surface area contributed by atoms with Crippen molar-refractivity contribution in [3.63, 3.8) is 0 Å². The van der Waals surface area contributed by atoms with E-state index in [1.807, 2.05) is 30.6 Å². The zero-order valence-corrected chi connectivity index (χ0v) is 15.1. The summed E-state index contributed by atoms with van der Waals surface area (Å²) in [4.78, 5) is 6.79. The fraction of sp³-hybridized carbons (Fsp3) is 0.455. The van der Waals surface area contributed by atoms with Crippen molar-refractivity contribution in [3.05, 3.63) is 65.5 Å². The Morgan fingerprint density at radius 1 is 1.23 bits per heavy atom. The Labute approximate surface area is 155 Å². The number of pyridine rings is 1. The van der Waals surface area contributed by atoms with Crippen LogP contribution in [0.25, 0.3) is 0 Å². The fourth-order valence-corrected chi connectivity index (χ4v) is 4.35. The molecule has 2 aliphatic heterocycles. The third kappa shape index (κ3) is 3.65. The molecule has 134 valence electrons. The van der Waals surface area contributed by atoms with Crippen molar-refractivity contribution in [1.82, 2.24) is 9.88 Å². The molecule has 2 fully saturated rings. The van der Waals surface area contributed by atoms with Crippen LogP contribution in [0.5, 0.6) is 0 Å². The van der Waals surface area contributed by atoms with Crippen LogP contribution in [-0.4, -0.2) is 35.7 Å². The van der Waals surface area contributed by atoms with E-state index >= 15 is 0 Å². The molecule has 1 unspecified atom stereocenters. The second kappa shape index (κ2) is 7.57. The third-order valence-corrected chi connectivity index (χ3v) is 5.97. The quantitative estimate of drug-likeness (QED) is 0.801. The third-order valence-electron chi connectivity index (χ3n) is 5.97. The zero-order valence-electron chi connectivity index (χ0n) is 15.1. The Hall–Kier alpha value is -2.22. The first kappa shape index (κ1) is 17.2. The molecule has 1 aromatic heterocycles. The van der Waals surface area contributed by atoms with Crippen LogP contribution in [0.15, 0.2) is 48.8 Å². The van der Waals surface area contributed by atoms with E-state index in [-0.39, 0.29) is 5.41 Å². The number of aryl methyl sites for hydroxylation is 1. The van der Waals surface area contributed by atoms with Gasteiger partial charge in [0.25, 0.3) is 0 Å². The van der Waals surface area contributed by atoms with Crippen molar-refractivity contribution >= 4 is 0 Å². The minimum Gasteiger partial charge on any atom is -0.377 e. The average molecular weight is 347 g/mol. The number of hydrogen-bond donors (Lipinski definition) is 0. The number of nitriles is 1. The Bertz CT molecular complexity index is 764. The standard InChI is InChI=1S/C22H25N3O/c23-14-19-5-3-18(4-6-19)7-9-22(21-8-13-26-21)10-12-25(17-22)16-20-2-1-11-24-15-20/h1-6,11,15,21H,7-10,12-13,16-17H2/t21?,22-/m1/s1. The van der Waals surface area contributed by atoms with E-state index in [4.69, 9.17) is 10.00 Å². The van der Waals surface area contributed by atoms with E-state index in [0.29, 0.717) is 6.10 Å². The maximum Gasteiger partial charge on any atom is 0.0991 e. The van der Waals surface area contributed by atoms with Crippen LogP contribution in [0.1, 0.15) is 36.0 Å².